The SMILES string of the molecule is CC1(C)c2ccccc2-c2c(-c3c4ccccc4c(-c4cccc(-c5ccc6ccccc6c5)c4)c4ccc(-c5ccc6ccccc6c5)cc34)cccc21. The van der Waals surface area contributed by atoms with Crippen LogP contribution >= 0.6 is 0 Å². The van der Waals surface area contributed by atoms with Gasteiger partial charge in [0.2, 0.25) is 0 Å². The summed E-state index contributed by atoms with van der Waals surface area (Å²) in [5, 5.41) is 10.1. The Morgan fingerprint density at radius 3 is 1.49 bits per heavy atom. The normalized spacial score (nSPS) is 13.1. The van der Waals surface area contributed by atoms with Crippen LogP contribution in [0.1, 0.15) is 25.0 Å². The monoisotopic (exact) mass is 698 g/mol. The molecule has 0 saturated heterocycles. The molecule has 10 aromatic carbocycles. The Bertz CT molecular complexity index is 3180. The summed E-state index contributed by atoms with van der Waals surface area (Å²) in [5.41, 5.74) is 15.4. The summed E-state index contributed by atoms with van der Waals surface area (Å²) in [4.78, 5) is 0. The van der Waals surface area contributed by atoms with E-state index in [1.54, 1.807) is 0 Å². The molecule has 10 aromatic rings. The molecule has 0 aromatic heterocycles. The minimum absolute atomic E-state index is 0.0903. The van der Waals surface area contributed by atoms with Crippen LogP contribution in [0, 0.1) is 0 Å². The highest BCUT2D eigenvalue weighted by atomic mass is 14.4. The molecule has 0 heteroatoms. The molecule has 0 aliphatic heterocycles. The fourth-order valence-corrected chi connectivity index (χ4v) is 9.51. The minimum atomic E-state index is -0.0903. The van der Waals surface area contributed by atoms with Crippen LogP contribution in [0.3, 0.4) is 0 Å². The number of hydrogen-bond donors (Lipinski definition) is 0. The van der Waals surface area contributed by atoms with Crippen molar-refractivity contribution in [2.75, 3.05) is 0 Å². The maximum absolute atomic E-state index is 2.46. The molecule has 0 nitrogen and oxygen atoms in total. The molecule has 0 radical (unpaired) electrons. The zero-order valence-electron chi connectivity index (χ0n) is 31.0. The van der Waals surface area contributed by atoms with Crippen LogP contribution in [0.15, 0.2) is 194 Å². The number of rotatable bonds is 4. The van der Waals surface area contributed by atoms with E-state index in [4.69, 9.17) is 0 Å². The molecule has 0 fully saturated rings. The van der Waals surface area contributed by atoms with Gasteiger partial charge in [-0.3, -0.25) is 0 Å². The highest BCUT2D eigenvalue weighted by molar-refractivity contribution is 6.23. The Balaban J connectivity index is 1.22. The van der Waals surface area contributed by atoms with Crippen LogP contribution in [0.2, 0.25) is 0 Å². The van der Waals surface area contributed by atoms with Gasteiger partial charge >= 0.3 is 0 Å². The van der Waals surface area contributed by atoms with Crippen molar-refractivity contribution in [2.45, 2.75) is 19.3 Å². The van der Waals surface area contributed by atoms with Gasteiger partial charge in [-0.25, -0.2) is 0 Å². The van der Waals surface area contributed by atoms with E-state index in [-0.39, 0.29) is 5.41 Å². The maximum Gasteiger partial charge on any atom is 0.0159 e. The summed E-state index contributed by atoms with van der Waals surface area (Å²) in [6, 6.07) is 72.4. The molecule has 0 spiro atoms. The zero-order chi connectivity index (χ0) is 36.7. The van der Waals surface area contributed by atoms with E-state index >= 15 is 0 Å². The van der Waals surface area contributed by atoms with Crippen molar-refractivity contribution in [1.82, 2.24) is 0 Å². The Labute approximate surface area is 322 Å². The van der Waals surface area contributed by atoms with Crippen molar-refractivity contribution in [3.63, 3.8) is 0 Å². The Morgan fingerprint density at radius 1 is 0.273 bits per heavy atom. The second kappa shape index (κ2) is 12.1. The first kappa shape index (κ1) is 31.7. The van der Waals surface area contributed by atoms with E-state index in [9.17, 15) is 0 Å². The van der Waals surface area contributed by atoms with Crippen molar-refractivity contribution in [2.24, 2.45) is 0 Å². The zero-order valence-corrected chi connectivity index (χ0v) is 31.0. The van der Waals surface area contributed by atoms with Gasteiger partial charge in [-0.1, -0.05) is 184 Å². The summed E-state index contributed by atoms with van der Waals surface area (Å²) < 4.78 is 0. The Kier molecular flexibility index (Phi) is 7.00. The van der Waals surface area contributed by atoms with Crippen molar-refractivity contribution >= 4 is 43.1 Å². The van der Waals surface area contributed by atoms with Crippen LogP contribution in [-0.4, -0.2) is 0 Å². The van der Waals surface area contributed by atoms with E-state index in [0.29, 0.717) is 0 Å². The van der Waals surface area contributed by atoms with Crippen LogP contribution < -0.4 is 0 Å². The van der Waals surface area contributed by atoms with Crippen LogP contribution in [0.5, 0.6) is 0 Å². The van der Waals surface area contributed by atoms with Gasteiger partial charge in [0.1, 0.15) is 0 Å². The minimum Gasteiger partial charge on any atom is -0.0619 e. The summed E-state index contributed by atoms with van der Waals surface area (Å²) >= 11 is 0. The van der Waals surface area contributed by atoms with Gasteiger partial charge in [0.15, 0.2) is 0 Å². The van der Waals surface area contributed by atoms with Crippen molar-refractivity contribution in [3.8, 4) is 55.6 Å². The summed E-state index contributed by atoms with van der Waals surface area (Å²) in [7, 11) is 0. The topological polar surface area (TPSA) is 0 Å². The first-order chi connectivity index (χ1) is 27.0. The van der Waals surface area contributed by atoms with Gasteiger partial charge in [-0.05, 0) is 134 Å². The molecule has 55 heavy (non-hydrogen) atoms. The maximum atomic E-state index is 2.46. The predicted molar refractivity (Wildman–Crippen MR) is 236 cm³/mol. The molecule has 0 atom stereocenters. The summed E-state index contributed by atoms with van der Waals surface area (Å²) in [6.45, 7) is 4.75. The molecular formula is C55H38. The molecule has 0 bridgehead atoms. The predicted octanol–water partition coefficient (Wildman–Crippen LogP) is 15.3. The lowest BCUT2D eigenvalue weighted by atomic mass is 9.80. The van der Waals surface area contributed by atoms with E-state index in [0.717, 1.165) is 0 Å². The highest BCUT2D eigenvalue weighted by Gasteiger charge is 2.37. The standard InChI is InChI=1S/C55H38/c1-55(2)50-23-10-9-21-47(50)54-48(22-12-24-51(54)55)53-45-20-8-7-19-44(45)52(43-18-11-17-39(33-43)40-27-25-35-13-3-5-15-37(35)31-40)46-30-29-42(34-49(46)53)41-28-26-36-14-4-6-16-38(36)32-41/h3-34H,1-2H3. The second-order valence-corrected chi connectivity index (χ2v) is 15.7. The lowest BCUT2D eigenvalue weighted by molar-refractivity contribution is 0.660. The van der Waals surface area contributed by atoms with Crippen molar-refractivity contribution < 1.29 is 0 Å². The van der Waals surface area contributed by atoms with E-state index in [2.05, 4.69) is 208 Å². The number of fused-ring (bicyclic) bond motifs is 7. The molecule has 258 valence electrons. The van der Waals surface area contributed by atoms with Gasteiger partial charge in [0, 0.05) is 5.41 Å². The van der Waals surface area contributed by atoms with Gasteiger partial charge in [-0.15, -0.1) is 0 Å². The first-order valence-electron chi connectivity index (χ1n) is 19.3. The van der Waals surface area contributed by atoms with Gasteiger partial charge in [0.05, 0.1) is 0 Å². The van der Waals surface area contributed by atoms with E-state index in [1.165, 1.54) is 110 Å². The molecule has 0 saturated carbocycles. The van der Waals surface area contributed by atoms with E-state index in [1.807, 2.05) is 0 Å². The third kappa shape index (κ3) is 4.92. The van der Waals surface area contributed by atoms with Crippen LogP contribution in [0.4, 0.5) is 0 Å². The summed E-state index contributed by atoms with van der Waals surface area (Å²) in [6.07, 6.45) is 0. The lowest BCUT2D eigenvalue weighted by Gasteiger charge is -2.23. The molecule has 0 heterocycles. The number of benzene rings is 10. The average Bonchev–Trinajstić information content (AvgIpc) is 3.48. The molecule has 11 rings (SSSR count). The van der Waals surface area contributed by atoms with Gasteiger partial charge in [0.25, 0.3) is 0 Å². The largest absolute Gasteiger partial charge is 0.0619 e. The van der Waals surface area contributed by atoms with Crippen LogP contribution in [0.25, 0.3) is 98.7 Å². The van der Waals surface area contributed by atoms with Crippen LogP contribution in [-0.2, 0) is 5.41 Å². The Hall–Kier alpha value is -6.76. The quantitative estimate of drug-likeness (QED) is 0.161. The van der Waals surface area contributed by atoms with Gasteiger partial charge in [-0.2, -0.15) is 0 Å². The third-order valence-corrected chi connectivity index (χ3v) is 12.2. The third-order valence-electron chi connectivity index (χ3n) is 12.2. The molecule has 0 unspecified atom stereocenters. The lowest BCUT2D eigenvalue weighted by Crippen LogP contribution is -2.14. The molecular weight excluding hydrogens is 661 g/mol. The van der Waals surface area contributed by atoms with Crippen molar-refractivity contribution in [1.29, 1.82) is 0 Å². The molecule has 1 aliphatic rings. The molecule has 1 aliphatic carbocycles. The Morgan fingerprint density at radius 2 is 0.764 bits per heavy atom. The van der Waals surface area contributed by atoms with Crippen molar-refractivity contribution in [3.05, 3.63) is 205 Å². The molecule has 0 N–H and O–H groups in total. The fraction of sp³-hybridized carbons (Fsp3) is 0.0545. The molecule has 0 amide bonds. The van der Waals surface area contributed by atoms with Gasteiger partial charge < -0.3 is 0 Å². The highest BCUT2D eigenvalue weighted by Crippen LogP contribution is 2.54. The second-order valence-electron chi connectivity index (χ2n) is 15.7. The summed E-state index contributed by atoms with van der Waals surface area (Å²) in [5.74, 6) is 0. The fourth-order valence-electron chi connectivity index (χ4n) is 9.51. The van der Waals surface area contributed by atoms with E-state index < -0.39 is 0 Å². The average molecular weight is 699 g/mol. The number of hydrogen-bond acceptors (Lipinski definition) is 0. The smallest absolute Gasteiger partial charge is 0.0159 e. The first-order valence-corrected chi connectivity index (χ1v) is 19.3.